The van der Waals surface area contributed by atoms with Crippen LogP contribution < -0.4 is 5.73 Å². The predicted octanol–water partition coefficient (Wildman–Crippen LogP) is 1.96. The summed E-state index contributed by atoms with van der Waals surface area (Å²) in [6.45, 7) is 0.473. The van der Waals surface area contributed by atoms with Crippen LogP contribution in [0.3, 0.4) is 0 Å². The van der Waals surface area contributed by atoms with Crippen LogP contribution in [-0.4, -0.2) is 10.8 Å². The SMILES string of the molecule is NCc1ccccc1CC(=O)Cc1nccs1. The summed E-state index contributed by atoms with van der Waals surface area (Å²) >= 11 is 1.52. The zero-order valence-corrected chi connectivity index (χ0v) is 10.2. The third-order valence-electron chi connectivity index (χ3n) is 2.56. The van der Waals surface area contributed by atoms with Gasteiger partial charge in [0.15, 0.2) is 0 Å². The second-order valence-electron chi connectivity index (χ2n) is 3.79. The van der Waals surface area contributed by atoms with Crippen molar-refractivity contribution >= 4 is 17.1 Å². The first-order valence-electron chi connectivity index (χ1n) is 5.46. The largest absolute Gasteiger partial charge is 0.326 e. The Bertz CT molecular complexity index is 494. The average molecular weight is 246 g/mol. The lowest BCUT2D eigenvalue weighted by molar-refractivity contribution is -0.117. The number of aromatic nitrogens is 1. The molecule has 1 aromatic carbocycles. The molecule has 0 saturated carbocycles. The number of carbonyl (C=O) groups excluding carboxylic acids is 1. The molecule has 0 bridgehead atoms. The molecule has 0 unspecified atom stereocenters. The van der Waals surface area contributed by atoms with Crippen LogP contribution in [0, 0.1) is 0 Å². The molecule has 1 heterocycles. The molecule has 2 N–H and O–H groups in total. The van der Waals surface area contributed by atoms with Gasteiger partial charge >= 0.3 is 0 Å². The minimum absolute atomic E-state index is 0.181. The monoisotopic (exact) mass is 246 g/mol. The van der Waals surface area contributed by atoms with Gasteiger partial charge in [0.2, 0.25) is 0 Å². The average Bonchev–Trinajstić information content (AvgIpc) is 2.82. The van der Waals surface area contributed by atoms with Gasteiger partial charge in [-0.1, -0.05) is 24.3 Å². The summed E-state index contributed by atoms with van der Waals surface area (Å²) in [5.74, 6) is 0.181. The van der Waals surface area contributed by atoms with Crippen molar-refractivity contribution in [1.29, 1.82) is 0 Å². The number of carbonyl (C=O) groups is 1. The van der Waals surface area contributed by atoms with Gasteiger partial charge in [-0.3, -0.25) is 4.79 Å². The lowest BCUT2D eigenvalue weighted by Gasteiger charge is -2.05. The van der Waals surface area contributed by atoms with Gasteiger partial charge in [0, 0.05) is 24.5 Å². The highest BCUT2D eigenvalue weighted by atomic mass is 32.1. The Hall–Kier alpha value is -1.52. The topological polar surface area (TPSA) is 56.0 Å². The molecule has 0 saturated heterocycles. The Morgan fingerprint density at radius 3 is 2.65 bits per heavy atom. The fourth-order valence-corrected chi connectivity index (χ4v) is 2.36. The molecule has 0 aliphatic carbocycles. The van der Waals surface area contributed by atoms with Gasteiger partial charge in [0.05, 0.1) is 11.4 Å². The lowest BCUT2D eigenvalue weighted by Crippen LogP contribution is -2.09. The second-order valence-corrected chi connectivity index (χ2v) is 4.77. The highest BCUT2D eigenvalue weighted by Crippen LogP contribution is 2.12. The number of nitrogens with zero attached hydrogens (tertiary/aromatic N) is 1. The van der Waals surface area contributed by atoms with Crippen LogP contribution in [0.15, 0.2) is 35.8 Å². The molecule has 0 atom stereocenters. The van der Waals surface area contributed by atoms with Crippen LogP contribution in [0.1, 0.15) is 16.1 Å². The Kier molecular flexibility index (Phi) is 4.01. The summed E-state index contributed by atoms with van der Waals surface area (Å²) in [7, 11) is 0. The third kappa shape index (κ3) is 3.22. The van der Waals surface area contributed by atoms with Crippen molar-refractivity contribution in [3.05, 3.63) is 52.0 Å². The van der Waals surface area contributed by atoms with Gasteiger partial charge in [0.1, 0.15) is 5.78 Å². The van der Waals surface area contributed by atoms with Crippen molar-refractivity contribution in [3.8, 4) is 0 Å². The molecule has 3 nitrogen and oxygen atoms in total. The van der Waals surface area contributed by atoms with E-state index >= 15 is 0 Å². The normalized spacial score (nSPS) is 10.4. The molecule has 0 aliphatic rings. The minimum atomic E-state index is 0.181. The number of hydrogen-bond acceptors (Lipinski definition) is 4. The van der Waals surface area contributed by atoms with E-state index in [-0.39, 0.29) is 5.78 Å². The number of benzene rings is 1. The van der Waals surface area contributed by atoms with E-state index < -0.39 is 0 Å². The maximum Gasteiger partial charge on any atom is 0.144 e. The molecule has 0 amide bonds. The van der Waals surface area contributed by atoms with Crippen molar-refractivity contribution in [1.82, 2.24) is 4.98 Å². The summed E-state index contributed by atoms with van der Waals surface area (Å²) in [6.07, 6.45) is 2.57. The van der Waals surface area contributed by atoms with Gasteiger partial charge < -0.3 is 5.73 Å². The van der Waals surface area contributed by atoms with E-state index in [4.69, 9.17) is 5.73 Å². The number of ketones is 1. The molecule has 17 heavy (non-hydrogen) atoms. The number of Topliss-reactive ketones (excluding diaryl/α,β-unsaturated/α-hetero) is 1. The van der Waals surface area contributed by atoms with Crippen LogP contribution in [0.4, 0.5) is 0 Å². The second kappa shape index (κ2) is 5.70. The van der Waals surface area contributed by atoms with Crippen LogP contribution in [-0.2, 0) is 24.2 Å². The number of hydrogen-bond donors (Lipinski definition) is 1. The van der Waals surface area contributed by atoms with E-state index in [1.54, 1.807) is 6.20 Å². The first kappa shape index (κ1) is 12.0. The molecule has 0 aliphatic heterocycles. The van der Waals surface area contributed by atoms with Crippen molar-refractivity contribution < 1.29 is 4.79 Å². The fourth-order valence-electron chi connectivity index (χ4n) is 1.71. The van der Waals surface area contributed by atoms with Crippen LogP contribution in [0.25, 0.3) is 0 Å². The molecule has 1 aromatic heterocycles. The molecule has 88 valence electrons. The maximum atomic E-state index is 11.9. The summed E-state index contributed by atoms with van der Waals surface area (Å²) in [4.78, 5) is 16.0. The number of thiazole rings is 1. The van der Waals surface area contributed by atoms with Gasteiger partial charge in [-0.05, 0) is 11.1 Å². The summed E-state index contributed by atoms with van der Waals surface area (Å²) in [5.41, 5.74) is 7.71. The molecule has 2 rings (SSSR count). The molecule has 4 heteroatoms. The zero-order valence-electron chi connectivity index (χ0n) is 9.43. The summed E-state index contributed by atoms with van der Waals surface area (Å²) in [5, 5.41) is 2.76. The number of rotatable bonds is 5. The third-order valence-corrected chi connectivity index (χ3v) is 3.34. The first-order chi connectivity index (χ1) is 8.29. The quantitative estimate of drug-likeness (QED) is 0.877. The molecular weight excluding hydrogens is 232 g/mol. The van der Waals surface area contributed by atoms with E-state index in [0.717, 1.165) is 16.1 Å². The Labute approximate surface area is 104 Å². The summed E-state index contributed by atoms with van der Waals surface area (Å²) < 4.78 is 0. The summed E-state index contributed by atoms with van der Waals surface area (Å²) in [6, 6.07) is 7.80. The Morgan fingerprint density at radius 1 is 1.24 bits per heavy atom. The lowest BCUT2D eigenvalue weighted by atomic mass is 10.0. The predicted molar refractivity (Wildman–Crippen MR) is 68.9 cm³/mol. The maximum absolute atomic E-state index is 11.9. The van der Waals surface area contributed by atoms with Gasteiger partial charge in [-0.15, -0.1) is 11.3 Å². The van der Waals surface area contributed by atoms with Crippen molar-refractivity contribution in [3.63, 3.8) is 0 Å². The molecule has 0 radical (unpaired) electrons. The van der Waals surface area contributed by atoms with E-state index in [1.807, 2.05) is 29.6 Å². The molecule has 0 spiro atoms. The fraction of sp³-hybridized carbons (Fsp3) is 0.231. The Balaban J connectivity index is 2.03. The zero-order chi connectivity index (χ0) is 12.1. The standard InChI is InChI=1S/C13H14N2OS/c14-9-11-4-2-1-3-10(11)7-12(16)8-13-15-5-6-17-13/h1-6H,7-9,14H2. The minimum Gasteiger partial charge on any atom is -0.326 e. The number of nitrogens with two attached hydrogens (primary N) is 1. The van der Waals surface area contributed by atoms with Crippen molar-refractivity contribution in [2.24, 2.45) is 5.73 Å². The van der Waals surface area contributed by atoms with Crippen molar-refractivity contribution in [2.45, 2.75) is 19.4 Å². The van der Waals surface area contributed by atoms with Gasteiger partial charge in [-0.25, -0.2) is 4.98 Å². The highest BCUT2D eigenvalue weighted by molar-refractivity contribution is 7.09. The molecule has 2 aromatic rings. The van der Waals surface area contributed by atoms with E-state index in [1.165, 1.54) is 11.3 Å². The van der Waals surface area contributed by atoms with E-state index in [9.17, 15) is 4.79 Å². The van der Waals surface area contributed by atoms with E-state index in [0.29, 0.717) is 19.4 Å². The highest BCUT2D eigenvalue weighted by Gasteiger charge is 2.09. The van der Waals surface area contributed by atoms with Gasteiger partial charge in [0.25, 0.3) is 0 Å². The van der Waals surface area contributed by atoms with Gasteiger partial charge in [-0.2, -0.15) is 0 Å². The molecular formula is C13H14N2OS. The van der Waals surface area contributed by atoms with Crippen LogP contribution in [0.5, 0.6) is 0 Å². The van der Waals surface area contributed by atoms with Crippen LogP contribution >= 0.6 is 11.3 Å². The smallest absolute Gasteiger partial charge is 0.144 e. The Morgan fingerprint density at radius 2 is 2.00 bits per heavy atom. The van der Waals surface area contributed by atoms with Crippen LogP contribution in [0.2, 0.25) is 0 Å². The van der Waals surface area contributed by atoms with Crippen molar-refractivity contribution in [2.75, 3.05) is 0 Å². The van der Waals surface area contributed by atoms with E-state index in [2.05, 4.69) is 4.98 Å². The first-order valence-corrected chi connectivity index (χ1v) is 6.34. The molecule has 0 fully saturated rings.